The lowest BCUT2D eigenvalue weighted by Gasteiger charge is -2.05. The van der Waals surface area contributed by atoms with Gasteiger partial charge in [-0.15, -0.1) is 0 Å². The molecule has 0 aromatic heterocycles. The molecule has 0 spiro atoms. The van der Waals surface area contributed by atoms with E-state index < -0.39 is 0 Å². The van der Waals surface area contributed by atoms with Gasteiger partial charge in [0.05, 0.1) is 16.1 Å². The number of halogens is 3. The molecule has 0 atom stereocenters. The Kier molecular flexibility index (Phi) is 5.03. The second-order valence-electron chi connectivity index (χ2n) is 4.00. The molecule has 5 heteroatoms. The number of hydrogen-bond donors (Lipinski definition) is 1. The lowest BCUT2D eigenvalue weighted by Crippen LogP contribution is -1.84. The van der Waals surface area contributed by atoms with Crippen LogP contribution in [-0.2, 0) is 0 Å². The summed E-state index contributed by atoms with van der Waals surface area (Å²) >= 11 is 10.0. The van der Waals surface area contributed by atoms with Gasteiger partial charge >= 0.3 is 0 Å². The van der Waals surface area contributed by atoms with Crippen LogP contribution in [0.1, 0.15) is 11.1 Å². The monoisotopic (exact) mass is 455 g/mol. The highest BCUT2D eigenvalue weighted by Gasteiger charge is 2.08. The first-order chi connectivity index (χ1) is 9.51. The molecule has 0 heterocycles. The summed E-state index contributed by atoms with van der Waals surface area (Å²) in [6, 6.07) is 13.1. The summed E-state index contributed by atoms with van der Waals surface area (Å²) in [5, 5.41) is 19.3. The maximum atomic E-state index is 10.0. The maximum Gasteiger partial charge on any atom is 0.137 e. The highest BCUT2D eigenvalue weighted by atomic mass is 79.9. The van der Waals surface area contributed by atoms with Crippen LogP contribution in [0.4, 0.5) is 0 Å². The van der Waals surface area contributed by atoms with Gasteiger partial charge in [0.1, 0.15) is 5.75 Å². The van der Waals surface area contributed by atoms with Crippen molar-refractivity contribution < 1.29 is 5.11 Å². The topological polar surface area (TPSA) is 44.0 Å². The van der Waals surface area contributed by atoms with Crippen LogP contribution in [0.15, 0.2) is 49.8 Å². The van der Waals surface area contributed by atoms with Gasteiger partial charge in [-0.1, -0.05) is 44.0 Å². The molecule has 0 aliphatic heterocycles. The minimum Gasteiger partial charge on any atom is -0.506 e. The van der Waals surface area contributed by atoms with Crippen LogP contribution in [0.5, 0.6) is 5.75 Å². The summed E-state index contributed by atoms with van der Waals surface area (Å²) in [7, 11) is 0. The molecular formula is C15H8Br3NO. The third-order valence-corrected chi connectivity index (χ3v) is 4.22. The minimum absolute atomic E-state index is 0.109. The Labute approximate surface area is 142 Å². The van der Waals surface area contributed by atoms with Gasteiger partial charge < -0.3 is 5.11 Å². The number of benzene rings is 2. The Balaban J connectivity index is 2.52. The molecule has 20 heavy (non-hydrogen) atoms. The summed E-state index contributed by atoms with van der Waals surface area (Å²) in [6.45, 7) is 0. The fourth-order valence-corrected chi connectivity index (χ4v) is 3.18. The number of phenolic OH excluding ortho intramolecular Hbond substituents is 1. The van der Waals surface area contributed by atoms with Crippen molar-refractivity contribution in [3.63, 3.8) is 0 Å². The van der Waals surface area contributed by atoms with Crippen LogP contribution in [0.2, 0.25) is 0 Å². The fourth-order valence-electron chi connectivity index (χ4n) is 1.66. The molecule has 2 rings (SSSR count). The first kappa shape index (κ1) is 15.3. The fraction of sp³-hybridized carbons (Fsp3) is 0. The molecule has 0 saturated heterocycles. The Hall–Kier alpha value is -1.09. The van der Waals surface area contributed by atoms with Crippen LogP contribution < -0.4 is 0 Å². The first-order valence-electron chi connectivity index (χ1n) is 5.57. The lowest BCUT2D eigenvalue weighted by atomic mass is 10.0. The van der Waals surface area contributed by atoms with E-state index in [1.54, 1.807) is 18.2 Å². The number of allylic oxidation sites excluding steroid dienone is 1. The second-order valence-corrected chi connectivity index (χ2v) is 6.69. The number of nitriles is 1. The lowest BCUT2D eigenvalue weighted by molar-refractivity contribution is 0.470. The normalized spacial score (nSPS) is 11.2. The first-order valence-corrected chi connectivity index (χ1v) is 7.95. The molecule has 0 fully saturated rings. The average molecular weight is 458 g/mol. The number of hydrogen-bond acceptors (Lipinski definition) is 2. The van der Waals surface area contributed by atoms with E-state index in [0.29, 0.717) is 15.6 Å². The van der Waals surface area contributed by atoms with Crippen LogP contribution in [0.3, 0.4) is 0 Å². The van der Waals surface area contributed by atoms with Gasteiger partial charge in [0.2, 0.25) is 0 Å². The Morgan fingerprint density at radius 1 is 1.05 bits per heavy atom. The molecule has 2 aromatic rings. The molecule has 0 bridgehead atoms. The van der Waals surface area contributed by atoms with Gasteiger partial charge in [-0.05, 0) is 51.8 Å². The van der Waals surface area contributed by atoms with Gasteiger partial charge in [-0.25, -0.2) is 0 Å². The van der Waals surface area contributed by atoms with E-state index in [4.69, 9.17) is 0 Å². The summed E-state index contributed by atoms with van der Waals surface area (Å²) in [6.07, 6.45) is 1.66. The van der Waals surface area contributed by atoms with E-state index in [9.17, 15) is 10.4 Å². The van der Waals surface area contributed by atoms with Crippen molar-refractivity contribution in [1.82, 2.24) is 0 Å². The van der Waals surface area contributed by atoms with Crippen molar-refractivity contribution in [3.8, 4) is 11.8 Å². The molecule has 0 aliphatic carbocycles. The van der Waals surface area contributed by atoms with Gasteiger partial charge in [-0.2, -0.15) is 5.26 Å². The Bertz CT molecular complexity index is 715. The van der Waals surface area contributed by atoms with Crippen LogP contribution in [0, 0.1) is 11.3 Å². The van der Waals surface area contributed by atoms with E-state index in [-0.39, 0.29) is 5.75 Å². The molecule has 1 N–H and O–H groups in total. The molecule has 100 valence electrons. The Morgan fingerprint density at radius 2 is 1.70 bits per heavy atom. The molecule has 0 amide bonds. The number of rotatable bonds is 2. The summed E-state index contributed by atoms with van der Waals surface area (Å²) < 4.78 is 2.35. The van der Waals surface area contributed by atoms with E-state index in [1.807, 2.05) is 24.3 Å². The number of nitrogens with zero attached hydrogens (tertiary/aromatic N) is 1. The second kappa shape index (κ2) is 6.57. The standard InChI is InChI=1S/C15H8Br3NO/c16-12-3-1-9(2-4-12)11(8-19)5-10-6-13(17)7-14(18)15(10)20/h1-7,20H/b11-5+. The van der Waals surface area contributed by atoms with Gasteiger partial charge in [-0.3, -0.25) is 0 Å². The molecule has 0 aliphatic rings. The van der Waals surface area contributed by atoms with Crippen LogP contribution in [0.25, 0.3) is 11.6 Å². The van der Waals surface area contributed by atoms with Crippen molar-refractivity contribution in [3.05, 3.63) is 60.9 Å². The minimum atomic E-state index is 0.109. The van der Waals surface area contributed by atoms with E-state index in [1.165, 1.54) is 0 Å². The molecule has 2 nitrogen and oxygen atoms in total. The van der Waals surface area contributed by atoms with Crippen molar-refractivity contribution in [1.29, 1.82) is 5.26 Å². The third kappa shape index (κ3) is 3.51. The highest BCUT2D eigenvalue weighted by Crippen LogP contribution is 2.34. The van der Waals surface area contributed by atoms with Crippen molar-refractivity contribution >= 4 is 59.4 Å². The molecular weight excluding hydrogens is 450 g/mol. The smallest absolute Gasteiger partial charge is 0.137 e. The average Bonchev–Trinajstić information content (AvgIpc) is 2.42. The van der Waals surface area contributed by atoms with Gasteiger partial charge in [0.15, 0.2) is 0 Å². The predicted molar refractivity (Wildman–Crippen MR) is 91.1 cm³/mol. The van der Waals surface area contributed by atoms with E-state index in [2.05, 4.69) is 53.9 Å². The Morgan fingerprint density at radius 3 is 2.30 bits per heavy atom. The SMILES string of the molecule is N#C/C(=C\c1cc(Br)cc(Br)c1O)c1ccc(Br)cc1. The zero-order valence-corrected chi connectivity index (χ0v) is 14.8. The number of aromatic hydroxyl groups is 1. The molecule has 0 saturated carbocycles. The molecule has 0 radical (unpaired) electrons. The third-order valence-electron chi connectivity index (χ3n) is 2.63. The zero-order valence-electron chi connectivity index (χ0n) is 10.1. The quantitative estimate of drug-likeness (QED) is 0.461. The van der Waals surface area contributed by atoms with Crippen LogP contribution in [-0.4, -0.2) is 5.11 Å². The van der Waals surface area contributed by atoms with Gasteiger partial charge in [0, 0.05) is 14.5 Å². The van der Waals surface area contributed by atoms with Crippen molar-refractivity contribution in [2.24, 2.45) is 0 Å². The zero-order chi connectivity index (χ0) is 14.7. The van der Waals surface area contributed by atoms with Crippen molar-refractivity contribution in [2.45, 2.75) is 0 Å². The van der Waals surface area contributed by atoms with E-state index in [0.717, 1.165) is 14.5 Å². The summed E-state index contributed by atoms with van der Waals surface area (Å²) in [5.41, 5.74) is 1.86. The van der Waals surface area contributed by atoms with Crippen molar-refractivity contribution in [2.75, 3.05) is 0 Å². The summed E-state index contributed by atoms with van der Waals surface area (Å²) in [4.78, 5) is 0. The molecule has 2 aromatic carbocycles. The summed E-state index contributed by atoms with van der Waals surface area (Å²) in [5.74, 6) is 0.109. The number of phenols is 1. The van der Waals surface area contributed by atoms with Gasteiger partial charge in [0.25, 0.3) is 0 Å². The highest BCUT2D eigenvalue weighted by molar-refractivity contribution is 9.11. The largest absolute Gasteiger partial charge is 0.506 e. The maximum absolute atomic E-state index is 10.0. The van der Waals surface area contributed by atoms with Crippen LogP contribution >= 0.6 is 47.8 Å². The molecule has 0 unspecified atom stereocenters. The predicted octanol–water partition coefficient (Wildman–Crippen LogP) is 5.74. The van der Waals surface area contributed by atoms with E-state index >= 15 is 0 Å².